The molecular weight excluding hydrogens is 414 g/mol. The van der Waals surface area contributed by atoms with Crippen LogP contribution < -0.4 is 0 Å². The maximum Gasteiger partial charge on any atom is 0.0742 e. The Morgan fingerprint density at radius 3 is 2.60 bits per heavy atom. The van der Waals surface area contributed by atoms with Gasteiger partial charge in [-0.05, 0) is 43.0 Å². The highest BCUT2D eigenvalue weighted by Crippen LogP contribution is 2.55. The molecule has 0 aromatic rings. The standard InChI is InChI=1S/C12H18I2O/c13-7-3-4-8-15-12-6-2-1-5-11(14,9-12)10-12/h1-2H,3-10H2. The van der Waals surface area contributed by atoms with Crippen molar-refractivity contribution < 1.29 is 4.74 Å². The van der Waals surface area contributed by atoms with E-state index in [4.69, 9.17) is 4.74 Å². The zero-order valence-electron chi connectivity index (χ0n) is 8.98. The van der Waals surface area contributed by atoms with Crippen molar-refractivity contribution in [2.75, 3.05) is 11.0 Å². The molecule has 86 valence electrons. The highest BCUT2D eigenvalue weighted by Gasteiger charge is 2.53. The maximum absolute atomic E-state index is 6.12. The molecule has 1 saturated carbocycles. The first-order chi connectivity index (χ1) is 7.18. The van der Waals surface area contributed by atoms with Gasteiger partial charge >= 0.3 is 0 Å². The van der Waals surface area contributed by atoms with E-state index in [0.29, 0.717) is 3.42 Å². The van der Waals surface area contributed by atoms with Crippen molar-refractivity contribution in [1.82, 2.24) is 0 Å². The van der Waals surface area contributed by atoms with Crippen molar-refractivity contribution in [3.05, 3.63) is 12.2 Å². The van der Waals surface area contributed by atoms with Crippen LogP contribution >= 0.6 is 45.2 Å². The topological polar surface area (TPSA) is 9.23 Å². The monoisotopic (exact) mass is 432 g/mol. The molecule has 1 fully saturated rings. The predicted molar refractivity (Wildman–Crippen MR) is 81.2 cm³/mol. The minimum atomic E-state index is 0.222. The summed E-state index contributed by atoms with van der Waals surface area (Å²) < 4.78 is 7.90. The zero-order chi connectivity index (χ0) is 10.8. The smallest absolute Gasteiger partial charge is 0.0742 e. The number of hydrogen-bond donors (Lipinski definition) is 0. The second-order valence-electron chi connectivity index (χ2n) is 4.81. The van der Waals surface area contributed by atoms with Gasteiger partial charge in [-0.1, -0.05) is 57.3 Å². The molecule has 0 aromatic heterocycles. The fourth-order valence-corrected chi connectivity index (χ4v) is 4.81. The lowest BCUT2D eigenvalue weighted by Crippen LogP contribution is -2.53. The van der Waals surface area contributed by atoms with Gasteiger partial charge in [0.05, 0.1) is 5.60 Å². The summed E-state index contributed by atoms with van der Waals surface area (Å²) in [5, 5.41) is 0. The molecular formula is C12H18I2O. The lowest BCUT2D eigenvalue weighted by atomic mass is 9.69. The average molecular weight is 432 g/mol. The number of ether oxygens (including phenoxy) is 1. The normalized spacial score (nSPS) is 38.5. The summed E-state index contributed by atoms with van der Waals surface area (Å²) in [7, 11) is 0. The van der Waals surface area contributed by atoms with Crippen LogP contribution in [0.2, 0.25) is 0 Å². The molecule has 0 N–H and O–H groups in total. The van der Waals surface area contributed by atoms with E-state index in [1.54, 1.807) is 0 Å². The summed E-state index contributed by atoms with van der Waals surface area (Å²) >= 11 is 5.06. The van der Waals surface area contributed by atoms with E-state index in [2.05, 4.69) is 57.3 Å². The summed E-state index contributed by atoms with van der Waals surface area (Å²) in [6.45, 7) is 0.962. The van der Waals surface area contributed by atoms with Crippen molar-refractivity contribution in [3.63, 3.8) is 0 Å². The molecule has 0 spiro atoms. The highest BCUT2D eigenvalue weighted by atomic mass is 127. The van der Waals surface area contributed by atoms with Crippen molar-refractivity contribution >= 4 is 45.2 Å². The summed E-state index contributed by atoms with van der Waals surface area (Å²) in [6, 6.07) is 0. The van der Waals surface area contributed by atoms with Crippen LogP contribution in [-0.4, -0.2) is 20.1 Å². The number of alkyl halides is 2. The van der Waals surface area contributed by atoms with Gasteiger partial charge in [0.1, 0.15) is 0 Å². The van der Waals surface area contributed by atoms with E-state index >= 15 is 0 Å². The van der Waals surface area contributed by atoms with Gasteiger partial charge in [-0.15, -0.1) is 0 Å². The summed E-state index contributed by atoms with van der Waals surface area (Å²) in [5.41, 5.74) is 0.222. The van der Waals surface area contributed by atoms with E-state index in [1.165, 1.54) is 36.5 Å². The molecule has 0 saturated heterocycles. The van der Waals surface area contributed by atoms with Crippen LogP contribution in [0, 0.1) is 0 Å². The Hall–Kier alpha value is 1.16. The Balaban J connectivity index is 1.79. The molecule has 3 rings (SSSR count). The lowest BCUT2D eigenvalue weighted by Gasteiger charge is -2.51. The van der Waals surface area contributed by atoms with Crippen molar-refractivity contribution in [3.8, 4) is 0 Å². The van der Waals surface area contributed by atoms with E-state index in [-0.39, 0.29) is 5.60 Å². The Morgan fingerprint density at radius 2 is 1.87 bits per heavy atom. The molecule has 0 unspecified atom stereocenters. The van der Waals surface area contributed by atoms with Gasteiger partial charge in [-0.25, -0.2) is 0 Å². The van der Waals surface area contributed by atoms with Crippen LogP contribution in [0.3, 0.4) is 0 Å². The van der Waals surface area contributed by atoms with Gasteiger partial charge in [0.2, 0.25) is 0 Å². The summed E-state index contributed by atoms with van der Waals surface area (Å²) in [5.74, 6) is 0. The largest absolute Gasteiger partial charge is 0.375 e. The first-order valence-electron chi connectivity index (χ1n) is 5.72. The van der Waals surface area contributed by atoms with Crippen LogP contribution in [-0.2, 0) is 4.74 Å². The Bertz CT molecular complexity index is 244. The van der Waals surface area contributed by atoms with Crippen LogP contribution in [0.5, 0.6) is 0 Å². The molecule has 0 atom stereocenters. The minimum absolute atomic E-state index is 0.222. The number of fused-ring (bicyclic) bond motifs is 2. The minimum Gasteiger partial charge on any atom is -0.375 e. The van der Waals surface area contributed by atoms with Gasteiger partial charge in [-0.3, -0.25) is 0 Å². The number of unbranched alkanes of at least 4 members (excludes halogenated alkanes) is 1. The molecule has 0 heterocycles. The van der Waals surface area contributed by atoms with Gasteiger partial charge in [0, 0.05) is 10.0 Å². The Kier molecular flexibility index (Phi) is 4.38. The van der Waals surface area contributed by atoms with Gasteiger partial charge in [-0.2, -0.15) is 0 Å². The average Bonchev–Trinajstić information content (AvgIpc) is 2.41. The first kappa shape index (κ1) is 12.6. The van der Waals surface area contributed by atoms with Crippen molar-refractivity contribution in [2.24, 2.45) is 0 Å². The van der Waals surface area contributed by atoms with Crippen LogP contribution in [0.25, 0.3) is 0 Å². The second kappa shape index (κ2) is 5.21. The van der Waals surface area contributed by atoms with Gasteiger partial charge < -0.3 is 4.74 Å². The molecule has 1 nitrogen and oxygen atoms in total. The van der Waals surface area contributed by atoms with Crippen molar-refractivity contribution in [2.45, 2.75) is 47.5 Å². The third-order valence-electron chi connectivity index (χ3n) is 3.35. The number of rotatable bonds is 5. The van der Waals surface area contributed by atoms with Crippen LogP contribution in [0.15, 0.2) is 12.2 Å². The highest BCUT2D eigenvalue weighted by molar-refractivity contribution is 14.1. The quantitative estimate of drug-likeness (QED) is 0.273. The predicted octanol–water partition coefficient (Wildman–Crippen LogP) is 4.27. The van der Waals surface area contributed by atoms with E-state index in [1.807, 2.05) is 0 Å². The van der Waals surface area contributed by atoms with Gasteiger partial charge in [0.25, 0.3) is 0 Å². The zero-order valence-corrected chi connectivity index (χ0v) is 13.3. The Morgan fingerprint density at radius 1 is 1.13 bits per heavy atom. The SMILES string of the molecule is ICCCCOC12CC=CCC(I)(C1)C2. The number of hydrogen-bond acceptors (Lipinski definition) is 1. The van der Waals surface area contributed by atoms with Crippen LogP contribution in [0.4, 0.5) is 0 Å². The van der Waals surface area contributed by atoms with E-state index < -0.39 is 0 Å². The number of halogens is 2. The lowest BCUT2D eigenvalue weighted by molar-refractivity contribution is -0.109. The third-order valence-corrected chi connectivity index (χ3v) is 5.32. The van der Waals surface area contributed by atoms with Crippen LogP contribution in [0.1, 0.15) is 38.5 Å². The fraction of sp³-hybridized carbons (Fsp3) is 0.833. The Labute approximate surface area is 120 Å². The molecule has 0 amide bonds. The molecule has 3 aliphatic rings. The third kappa shape index (κ3) is 3.09. The first-order valence-corrected chi connectivity index (χ1v) is 8.32. The molecule has 15 heavy (non-hydrogen) atoms. The second-order valence-corrected chi connectivity index (χ2v) is 8.18. The number of allylic oxidation sites excluding steroid dienone is 1. The molecule has 0 radical (unpaired) electrons. The molecule has 0 aromatic carbocycles. The summed E-state index contributed by atoms with van der Waals surface area (Å²) in [4.78, 5) is 0. The molecule has 3 aliphatic carbocycles. The summed E-state index contributed by atoms with van der Waals surface area (Å²) in [6.07, 6.45) is 12.1. The van der Waals surface area contributed by atoms with E-state index in [0.717, 1.165) is 13.0 Å². The maximum atomic E-state index is 6.12. The fourth-order valence-electron chi connectivity index (χ4n) is 2.63. The van der Waals surface area contributed by atoms with Crippen molar-refractivity contribution in [1.29, 1.82) is 0 Å². The van der Waals surface area contributed by atoms with E-state index in [9.17, 15) is 0 Å². The molecule has 0 aliphatic heterocycles. The van der Waals surface area contributed by atoms with Gasteiger partial charge in [0.15, 0.2) is 0 Å². The molecule has 2 bridgehead atoms. The molecule has 3 heteroatoms.